The molecule has 0 bridgehead atoms. The molecule has 1 atom stereocenters. The SMILES string of the molecule is Cc1ccc(S(=O)(=O)N2CC(=O)N(c3ccc(F)cc3)C(C)(C(=O)NC3CCCC3)C2)cc1. The van der Waals surface area contributed by atoms with Gasteiger partial charge in [-0.3, -0.25) is 14.5 Å². The summed E-state index contributed by atoms with van der Waals surface area (Å²) in [7, 11) is -4.01. The van der Waals surface area contributed by atoms with E-state index in [-0.39, 0.29) is 17.5 Å². The van der Waals surface area contributed by atoms with Gasteiger partial charge in [-0.2, -0.15) is 4.31 Å². The monoisotopic (exact) mass is 473 g/mol. The van der Waals surface area contributed by atoms with Crippen LogP contribution in [0.25, 0.3) is 0 Å². The van der Waals surface area contributed by atoms with Crippen molar-refractivity contribution in [3.8, 4) is 0 Å². The number of benzene rings is 2. The van der Waals surface area contributed by atoms with Crippen LogP contribution in [0.4, 0.5) is 10.1 Å². The fourth-order valence-corrected chi connectivity index (χ4v) is 6.08. The van der Waals surface area contributed by atoms with E-state index in [9.17, 15) is 22.4 Å². The van der Waals surface area contributed by atoms with Gasteiger partial charge >= 0.3 is 0 Å². The first-order valence-corrected chi connectivity index (χ1v) is 12.5. The van der Waals surface area contributed by atoms with Gasteiger partial charge in [0.25, 0.3) is 0 Å². The zero-order valence-corrected chi connectivity index (χ0v) is 19.6. The number of carbonyl (C=O) groups excluding carboxylic acids is 2. The number of anilines is 1. The lowest BCUT2D eigenvalue weighted by atomic mass is 9.94. The van der Waals surface area contributed by atoms with E-state index in [0.717, 1.165) is 35.6 Å². The lowest BCUT2D eigenvalue weighted by Crippen LogP contribution is -2.70. The van der Waals surface area contributed by atoms with Gasteiger partial charge in [0, 0.05) is 18.3 Å². The van der Waals surface area contributed by atoms with Crippen LogP contribution in [0, 0.1) is 12.7 Å². The Balaban J connectivity index is 1.72. The Morgan fingerprint density at radius 2 is 1.67 bits per heavy atom. The summed E-state index contributed by atoms with van der Waals surface area (Å²) in [6, 6.07) is 11.7. The van der Waals surface area contributed by atoms with Crippen molar-refractivity contribution in [3.05, 3.63) is 59.9 Å². The van der Waals surface area contributed by atoms with Crippen LogP contribution in [0.5, 0.6) is 0 Å². The number of amides is 2. The van der Waals surface area contributed by atoms with Crippen molar-refractivity contribution in [3.63, 3.8) is 0 Å². The third-order valence-corrected chi connectivity index (χ3v) is 8.27. The summed E-state index contributed by atoms with van der Waals surface area (Å²) < 4.78 is 41.3. The van der Waals surface area contributed by atoms with Crippen LogP contribution in [0.1, 0.15) is 38.2 Å². The zero-order chi connectivity index (χ0) is 23.8. The highest BCUT2D eigenvalue weighted by atomic mass is 32.2. The van der Waals surface area contributed by atoms with Gasteiger partial charge in [-0.1, -0.05) is 30.5 Å². The number of hydrogen-bond donors (Lipinski definition) is 1. The molecule has 2 amide bonds. The highest BCUT2D eigenvalue weighted by Gasteiger charge is 2.51. The van der Waals surface area contributed by atoms with Crippen LogP contribution in [0.3, 0.4) is 0 Å². The summed E-state index contributed by atoms with van der Waals surface area (Å²) in [4.78, 5) is 28.2. The van der Waals surface area contributed by atoms with Crippen molar-refractivity contribution in [2.24, 2.45) is 0 Å². The van der Waals surface area contributed by atoms with Gasteiger partial charge in [0.1, 0.15) is 11.4 Å². The molecular formula is C24H28FN3O4S. The van der Waals surface area contributed by atoms with Crippen LogP contribution in [-0.4, -0.2) is 49.2 Å². The van der Waals surface area contributed by atoms with Gasteiger partial charge in [0.2, 0.25) is 21.8 Å². The fourth-order valence-electron chi connectivity index (χ4n) is 4.60. The van der Waals surface area contributed by atoms with Crippen LogP contribution in [-0.2, 0) is 19.6 Å². The first-order chi connectivity index (χ1) is 15.6. The van der Waals surface area contributed by atoms with Crippen molar-refractivity contribution in [1.82, 2.24) is 9.62 Å². The molecule has 4 rings (SSSR count). The second kappa shape index (κ2) is 8.87. The number of rotatable bonds is 5. The summed E-state index contributed by atoms with van der Waals surface area (Å²) in [5.74, 6) is -1.44. The number of sulfonamides is 1. The standard InChI is InChI=1S/C24H28FN3O4S/c1-17-7-13-21(14-8-17)33(31,32)27-15-22(29)28(20-11-9-18(25)10-12-20)24(2,16-27)23(30)26-19-5-3-4-6-19/h7-14,19H,3-6,15-16H2,1-2H3,(H,26,30). The Bertz CT molecular complexity index is 1150. The van der Waals surface area contributed by atoms with E-state index in [2.05, 4.69) is 5.32 Å². The number of halogens is 1. The predicted octanol–water partition coefficient (Wildman–Crippen LogP) is 2.99. The van der Waals surface area contributed by atoms with Crippen molar-refractivity contribution in [1.29, 1.82) is 0 Å². The number of nitrogens with zero attached hydrogens (tertiary/aromatic N) is 2. The number of carbonyl (C=O) groups is 2. The largest absolute Gasteiger partial charge is 0.351 e. The number of aryl methyl sites for hydroxylation is 1. The van der Waals surface area contributed by atoms with E-state index in [4.69, 9.17) is 0 Å². The van der Waals surface area contributed by atoms with Crippen molar-refractivity contribution >= 4 is 27.5 Å². The van der Waals surface area contributed by atoms with Gasteiger partial charge in [-0.25, -0.2) is 12.8 Å². The van der Waals surface area contributed by atoms with E-state index in [1.807, 2.05) is 6.92 Å². The molecule has 1 saturated carbocycles. The summed E-state index contributed by atoms with van der Waals surface area (Å²) in [5, 5.41) is 3.01. The van der Waals surface area contributed by atoms with Crippen molar-refractivity contribution < 1.29 is 22.4 Å². The topological polar surface area (TPSA) is 86.8 Å². The second-order valence-corrected chi connectivity index (χ2v) is 11.0. The van der Waals surface area contributed by atoms with Gasteiger partial charge in [-0.15, -0.1) is 0 Å². The lowest BCUT2D eigenvalue weighted by Gasteiger charge is -2.47. The molecule has 0 aromatic heterocycles. The molecule has 1 saturated heterocycles. The molecule has 1 unspecified atom stereocenters. The molecule has 7 nitrogen and oxygen atoms in total. The summed E-state index contributed by atoms with van der Waals surface area (Å²) in [6.45, 7) is 2.78. The highest BCUT2D eigenvalue weighted by molar-refractivity contribution is 7.89. The minimum atomic E-state index is -4.01. The third kappa shape index (κ3) is 4.52. The smallest absolute Gasteiger partial charge is 0.247 e. The van der Waals surface area contributed by atoms with Crippen molar-refractivity contribution in [2.45, 2.75) is 56.0 Å². The first kappa shape index (κ1) is 23.4. The summed E-state index contributed by atoms with van der Waals surface area (Å²) in [6.07, 6.45) is 3.71. The molecule has 2 aliphatic rings. The van der Waals surface area contributed by atoms with E-state index in [1.165, 1.54) is 41.3 Å². The van der Waals surface area contributed by atoms with Crippen LogP contribution >= 0.6 is 0 Å². The van der Waals surface area contributed by atoms with E-state index in [0.29, 0.717) is 5.69 Å². The maximum atomic E-state index is 13.5. The zero-order valence-electron chi connectivity index (χ0n) is 18.8. The van der Waals surface area contributed by atoms with Gasteiger partial charge in [0.15, 0.2) is 0 Å². The molecule has 1 aliphatic carbocycles. The van der Waals surface area contributed by atoms with E-state index in [1.54, 1.807) is 19.1 Å². The molecule has 2 aromatic rings. The third-order valence-electron chi connectivity index (χ3n) is 6.46. The maximum Gasteiger partial charge on any atom is 0.247 e. The summed E-state index contributed by atoms with van der Waals surface area (Å²) in [5.41, 5.74) is -0.252. The van der Waals surface area contributed by atoms with Crippen LogP contribution < -0.4 is 10.2 Å². The highest BCUT2D eigenvalue weighted by Crippen LogP contribution is 2.33. The molecule has 2 aromatic carbocycles. The molecule has 0 radical (unpaired) electrons. The average Bonchev–Trinajstić information content (AvgIpc) is 3.28. The number of nitrogens with one attached hydrogen (secondary N) is 1. The van der Waals surface area contributed by atoms with Crippen LogP contribution in [0.2, 0.25) is 0 Å². The normalized spacial score (nSPS) is 22.5. The molecule has 9 heteroatoms. The molecule has 1 N–H and O–H groups in total. The quantitative estimate of drug-likeness (QED) is 0.723. The summed E-state index contributed by atoms with van der Waals surface area (Å²) >= 11 is 0. The molecule has 0 spiro atoms. The Morgan fingerprint density at radius 3 is 2.27 bits per heavy atom. The van der Waals surface area contributed by atoms with Crippen molar-refractivity contribution in [2.75, 3.05) is 18.0 Å². The predicted molar refractivity (Wildman–Crippen MR) is 123 cm³/mol. The molecular weight excluding hydrogens is 445 g/mol. The van der Waals surface area contributed by atoms with E-state index >= 15 is 0 Å². The molecule has 1 aliphatic heterocycles. The molecule has 1 heterocycles. The lowest BCUT2D eigenvalue weighted by molar-refractivity contribution is -0.133. The first-order valence-electron chi connectivity index (χ1n) is 11.1. The minimum absolute atomic E-state index is 0.0106. The second-order valence-electron chi connectivity index (χ2n) is 9.02. The van der Waals surface area contributed by atoms with Crippen LogP contribution in [0.15, 0.2) is 53.4 Å². The Labute approximate surface area is 193 Å². The molecule has 176 valence electrons. The Hall–Kier alpha value is -2.78. The molecule has 2 fully saturated rings. The Morgan fingerprint density at radius 1 is 1.06 bits per heavy atom. The Kier molecular flexibility index (Phi) is 6.28. The van der Waals surface area contributed by atoms with Gasteiger partial charge in [0.05, 0.1) is 11.4 Å². The van der Waals surface area contributed by atoms with Gasteiger partial charge < -0.3 is 5.32 Å². The fraction of sp³-hybridized carbons (Fsp3) is 0.417. The molecule has 33 heavy (non-hydrogen) atoms. The average molecular weight is 474 g/mol. The number of piperazine rings is 1. The van der Waals surface area contributed by atoms with E-state index < -0.39 is 39.7 Å². The number of hydrogen-bond acceptors (Lipinski definition) is 4. The van der Waals surface area contributed by atoms with Gasteiger partial charge in [-0.05, 0) is 63.1 Å². The minimum Gasteiger partial charge on any atom is -0.351 e. The maximum absolute atomic E-state index is 13.5.